The van der Waals surface area contributed by atoms with Crippen molar-refractivity contribution in [1.29, 1.82) is 0 Å². The highest BCUT2D eigenvalue weighted by atomic mass is 16.5. The third kappa shape index (κ3) is 5.75. The Hall–Kier alpha value is -1.55. The number of aliphatic hydroxyl groups is 1. The van der Waals surface area contributed by atoms with Gasteiger partial charge >= 0.3 is 6.09 Å². The Bertz CT molecular complexity index is 384. The Kier molecular flexibility index (Phi) is 5.83. The summed E-state index contributed by atoms with van der Waals surface area (Å²) < 4.78 is 5.10. The van der Waals surface area contributed by atoms with Crippen LogP contribution >= 0.6 is 0 Å². The lowest BCUT2D eigenvalue weighted by atomic mass is 9.81. The minimum Gasteiger partial charge on any atom is -0.445 e. The maximum absolute atomic E-state index is 11.5. The topological polar surface area (TPSA) is 58.6 Å². The lowest BCUT2D eigenvalue weighted by Gasteiger charge is -2.28. The molecule has 19 heavy (non-hydrogen) atoms. The predicted molar refractivity (Wildman–Crippen MR) is 74.7 cm³/mol. The van der Waals surface area contributed by atoms with Crippen LogP contribution in [-0.4, -0.2) is 24.4 Å². The van der Waals surface area contributed by atoms with Gasteiger partial charge in [-0.15, -0.1) is 0 Å². The van der Waals surface area contributed by atoms with Crippen LogP contribution in [0, 0.1) is 11.3 Å². The summed E-state index contributed by atoms with van der Waals surface area (Å²) >= 11 is 0. The standard InChI is InChI=1S/C15H23NO3/c1-15(2,3)13(10-17)9-16-14(18)19-11-12-7-5-4-6-8-12/h4-8,13,17H,9-11H2,1-3H3,(H,16,18). The van der Waals surface area contributed by atoms with Crippen LogP contribution in [0.25, 0.3) is 0 Å². The number of carbonyl (C=O) groups excluding carboxylic acids is 1. The van der Waals surface area contributed by atoms with E-state index in [4.69, 9.17) is 4.74 Å². The second kappa shape index (κ2) is 7.14. The summed E-state index contributed by atoms with van der Waals surface area (Å²) in [5, 5.41) is 12.0. The van der Waals surface area contributed by atoms with Crippen LogP contribution in [0.5, 0.6) is 0 Å². The van der Waals surface area contributed by atoms with Crippen molar-refractivity contribution >= 4 is 6.09 Å². The third-order valence-corrected chi connectivity index (χ3v) is 3.15. The van der Waals surface area contributed by atoms with Gasteiger partial charge in [-0.05, 0) is 11.0 Å². The SMILES string of the molecule is CC(C)(C)C(CO)CNC(=O)OCc1ccccc1. The highest BCUT2D eigenvalue weighted by molar-refractivity contribution is 5.67. The molecule has 0 aliphatic carbocycles. The molecule has 2 N–H and O–H groups in total. The molecule has 0 heterocycles. The molecule has 1 unspecified atom stereocenters. The zero-order chi connectivity index (χ0) is 14.3. The average Bonchev–Trinajstić information content (AvgIpc) is 2.36. The summed E-state index contributed by atoms with van der Waals surface area (Å²) in [7, 11) is 0. The first-order valence-electron chi connectivity index (χ1n) is 6.49. The average molecular weight is 265 g/mol. The molecule has 1 atom stereocenters. The minimum atomic E-state index is -0.452. The number of hydrogen-bond donors (Lipinski definition) is 2. The van der Waals surface area contributed by atoms with Crippen LogP contribution in [0.2, 0.25) is 0 Å². The number of rotatable bonds is 5. The van der Waals surface area contributed by atoms with Crippen LogP contribution < -0.4 is 5.32 Å². The summed E-state index contributed by atoms with van der Waals surface area (Å²) in [6.07, 6.45) is -0.452. The van der Waals surface area contributed by atoms with E-state index in [1.54, 1.807) is 0 Å². The summed E-state index contributed by atoms with van der Waals surface area (Å²) in [6.45, 7) is 6.81. The van der Waals surface area contributed by atoms with Crippen molar-refractivity contribution in [3.05, 3.63) is 35.9 Å². The van der Waals surface area contributed by atoms with E-state index in [1.165, 1.54) is 0 Å². The van der Waals surface area contributed by atoms with E-state index in [0.717, 1.165) is 5.56 Å². The van der Waals surface area contributed by atoms with E-state index >= 15 is 0 Å². The number of alkyl carbamates (subject to hydrolysis) is 1. The smallest absolute Gasteiger partial charge is 0.407 e. The fraction of sp³-hybridized carbons (Fsp3) is 0.533. The molecular formula is C15H23NO3. The van der Waals surface area contributed by atoms with E-state index in [1.807, 2.05) is 51.1 Å². The van der Waals surface area contributed by atoms with Gasteiger partial charge in [0.15, 0.2) is 0 Å². The molecule has 1 aromatic carbocycles. The molecule has 0 saturated heterocycles. The number of carbonyl (C=O) groups is 1. The van der Waals surface area contributed by atoms with Gasteiger partial charge in [0.2, 0.25) is 0 Å². The van der Waals surface area contributed by atoms with Gasteiger partial charge in [-0.2, -0.15) is 0 Å². The monoisotopic (exact) mass is 265 g/mol. The Balaban J connectivity index is 2.32. The third-order valence-electron chi connectivity index (χ3n) is 3.15. The van der Waals surface area contributed by atoms with Crippen LogP contribution in [0.4, 0.5) is 4.79 Å². The van der Waals surface area contributed by atoms with Gasteiger partial charge in [0, 0.05) is 19.1 Å². The van der Waals surface area contributed by atoms with Crippen molar-refractivity contribution < 1.29 is 14.6 Å². The van der Waals surface area contributed by atoms with E-state index < -0.39 is 6.09 Å². The van der Waals surface area contributed by atoms with Gasteiger partial charge in [-0.3, -0.25) is 0 Å². The molecule has 0 fully saturated rings. The molecule has 0 spiro atoms. The Morgan fingerprint density at radius 2 is 1.95 bits per heavy atom. The number of nitrogens with one attached hydrogen (secondary N) is 1. The van der Waals surface area contributed by atoms with Crippen molar-refractivity contribution in [2.75, 3.05) is 13.2 Å². The summed E-state index contributed by atoms with van der Waals surface area (Å²) in [5.41, 5.74) is 0.897. The first kappa shape index (κ1) is 15.5. The second-order valence-electron chi connectivity index (χ2n) is 5.69. The summed E-state index contributed by atoms with van der Waals surface area (Å²) in [4.78, 5) is 11.5. The van der Waals surface area contributed by atoms with E-state index in [0.29, 0.717) is 6.54 Å². The molecule has 1 aromatic rings. The maximum Gasteiger partial charge on any atom is 0.407 e. The number of ether oxygens (including phenoxy) is 1. The van der Waals surface area contributed by atoms with Crippen LogP contribution in [0.1, 0.15) is 26.3 Å². The number of amides is 1. The Morgan fingerprint density at radius 3 is 2.47 bits per heavy atom. The van der Waals surface area contributed by atoms with Crippen LogP contribution in [-0.2, 0) is 11.3 Å². The van der Waals surface area contributed by atoms with Crippen molar-refractivity contribution in [2.45, 2.75) is 27.4 Å². The van der Waals surface area contributed by atoms with E-state index in [-0.39, 0.29) is 24.5 Å². The molecule has 0 saturated carbocycles. The van der Waals surface area contributed by atoms with Gasteiger partial charge in [0.05, 0.1) is 0 Å². The van der Waals surface area contributed by atoms with E-state index in [2.05, 4.69) is 5.32 Å². The van der Waals surface area contributed by atoms with Gasteiger partial charge in [0.1, 0.15) is 6.61 Å². The number of hydrogen-bond acceptors (Lipinski definition) is 3. The first-order valence-corrected chi connectivity index (χ1v) is 6.49. The van der Waals surface area contributed by atoms with Crippen molar-refractivity contribution in [3.63, 3.8) is 0 Å². The van der Waals surface area contributed by atoms with Gasteiger partial charge < -0.3 is 15.2 Å². The zero-order valence-corrected chi connectivity index (χ0v) is 11.8. The molecule has 4 nitrogen and oxygen atoms in total. The fourth-order valence-corrected chi connectivity index (χ4v) is 1.63. The first-order chi connectivity index (χ1) is 8.93. The molecule has 4 heteroatoms. The quantitative estimate of drug-likeness (QED) is 0.860. The lowest BCUT2D eigenvalue weighted by molar-refractivity contribution is 0.113. The number of benzene rings is 1. The van der Waals surface area contributed by atoms with Crippen molar-refractivity contribution in [3.8, 4) is 0 Å². The zero-order valence-electron chi connectivity index (χ0n) is 11.8. The molecule has 0 aliphatic heterocycles. The van der Waals surface area contributed by atoms with Gasteiger partial charge in [-0.25, -0.2) is 4.79 Å². The van der Waals surface area contributed by atoms with Gasteiger partial charge in [-0.1, -0.05) is 51.1 Å². The van der Waals surface area contributed by atoms with Crippen molar-refractivity contribution in [1.82, 2.24) is 5.32 Å². The van der Waals surface area contributed by atoms with Crippen molar-refractivity contribution in [2.24, 2.45) is 11.3 Å². The maximum atomic E-state index is 11.5. The fourth-order valence-electron chi connectivity index (χ4n) is 1.63. The summed E-state index contributed by atoms with van der Waals surface area (Å²) in [6, 6.07) is 9.52. The summed E-state index contributed by atoms with van der Waals surface area (Å²) in [5.74, 6) is 0.0109. The number of aliphatic hydroxyl groups excluding tert-OH is 1. The highest BCUT2D eigenvalue weighted by Crippen LogP contribution is 2.24. The normalized spacial score (nSPS) is 12.8. The molecule has 0 bridgehead atoms. The molecule has 1 amide bonds. The predicted octanol–water partition coefficient (Wildman–Crippen LogP) is 2.57. The minimum absolute atomic E-state index is 0.0109. The molecule has 0 radical (unpaired) electrons. The largest absolute Gasteiger partial charge is 0.445 e. The van der Waals surface area contributed by atoms with Crippen LogP contribution in [0.15, 0.2) is 30.3 Å². The highest BCUT2D eigenvalue weighted by Gasteiger charge is 2.24. The van der Waals surface area contributed by atoms with Crippen LogP contribution in [0.3, 0.4) is 0 Å². The van der Waals surface area contributed by atoms with E-state index in [9.17, 15) is 9.90 Å². The molecule has 0 aliphatic rings. The molecule has 0 aromatic heterocycles. The Labute approximate surface area is 114 Å². The Morgan fingerprint density at radius 1 is 1.32 bits per heavy atom. The second-order valence-corrected chi connectivity index (χ2v) is 5.69. The van der Waals surface area contributed by atoms with Gasteiger partial charge in [0.25, 0.3) is 0 Å². The molecular weight excluding hydrogens is 242 g/mol. The molecule has 1 rings (SSSR count). The lowest BCUT2D eigenvalue weighted by Crippen LogP contribution is -2.37. The molecule has 106 valence electrons.